The van der Waals surface area contributed by atoms with Gasteiger partial charge in [-0.3, -0.25) is 0 Å². The third-order valence-electron chi connectivity index (χ3n) is 3.15. The fraction of sp³-hybridized carbons (Fsp3) is 0.133. The van der Waals surface area contributed by atoms with Gasteiger partial charge in [-0.05, 0) is 58.2 Å². The van der Waals surface area contributed by atoms with Crippen LogP contribution in [-0.2, 0) is 6.42 Å². The maximum atomic E-state index is 13.2. The number of benzene rings is 2. The summed E-state index contributed by atoms with van der Waals surface area (Å²) in [5.41, 5.74) is 4.06. The Labute approximate surface area is 118 Å². The molecule has 0 saturated heterocycles. The van der Waals surface area contributed by atoms with E-state index in [1.54, 1.807) is 12.1 Å². The van der Waals surface area contributed by atoms with E-state index < -0.39 is 0 Å². The molecule has 1 heterocycles. The molecule has 3 aromatic rings. The molecule has 4 heteroatoms. The lowest BCUT2D eigenvalue weighted by molar-refractivity contribution is 0.621. The van der Waals surface area contributed by atoms with E-state index in [4.69, 9.17) is 0 Å². The molecule has 0 aliphatic rings. The minimum atomic E-state index is -0.270. The summed E-state index contributed by atoms with van der Waals surface area (Å²) in [4.78, 5) is 7.81. The fourth-order valence-corrected chi connectivity index (χ4v) is 2.44. The van der Waals surface area contributed by atoms with Crippen molar-refractivity contribution in [1.82, 2.24) is 9.97 Å². The molecule has 0 fully saturated rings. The van der Waals surface area contributed by atoms with Crippen LogP contribution in [0.5, 0.6) is 0 Å². The van der Waals surface area contributed by atoms with Gasteiger partial charge in [-0.1, -0.05) is 13.0 Å². The highest BCUT2D eigenvalue weighted by atomic mass is 79.9. The average Bonchev–Trinajstić information content (AvgIpc) is 2.84. The average molecular weight is 319 g/mol. The Kier molecular flexibility index (Phi) is 3.11. The lowest BCUT2D eigenvalue weighted by atomic mass is 10.1. The van der Waals surface area contributed by atoms with Crippen LogP contribution >= 0.6 is 15.9 Å². The number of rotatable bonds is 2. The Balaban J connectivity index is 2.11. The highest BCUT2D eigenvalue weighted by molar-refractivity contribution is 9.10. The van der Waals surface area contributed by atoms with E-state index in [2.05, 4.69) is 45.0 Å². The van der Waals surface area contributed by atoms with Crippen molar-refractivity contribution in [3.05, 3.63) is 52.3 Å². The van der Waals surface area contributed by atoms with Gasteiger partial charge < -0.3 is 4.98 Å². The van der Waals surface area contributed by atoms with Crippen LogP contribution in [0, 0.1) is 5.82 Å². The number of aromatic amines is 1. The van der Waals surface area contributed by atoms with Gasteiger partial charge in [-0.2, -0.15) is 0 Å². The normalized spacial score (nSPS) is 11.1. The van der Waals surface area contributed by atoms with E-state index in [-0.39, 0.29) is 5.82 Å². The zero-order valence-electron chi connectivity index (χ0n) is 10.4. The van der Waals surface area contributed by atoms with Gasteiger partial charge in [0.05, 0.1) is 15.5 Å². The number of H-pyrrole nitrogens is 1. The summed E-state index contributed by atoms with van der Waals surface area (Å²) in [7, 11) is 0. The van der Waals surface area contributed by atoms with Crippen molar-refractivity contribution in [2.24, 2.45) is 0 Å². The van der Waals surface area contributed by atoms with E-state index in [9.17, 15) is 4.39 Å². The quantitative estimate of drug-likeness (QED) is 0.729. The van der Waals surface area contributed by atoms with Crippen molar-refractivity contribution in [2.45, 2.75) is 13.3 Å². The molecule has 3 rings (SSSR count). The summed E-state index contributed by atoms with van der Waals surface area (Å²) in [5.74, 6) is 0.483. The second-order valence-corrected chi connectivity index (χ2v) is 5.27. The van der Waals surface area contributed by atoms with Crippen LogP contribution in [0.1, 0.15) is 12.5 Å². The standard InChI is InChI=1S/C15H12BrFN2/c1-2-9-3-6-13-14(7-9)19-15(18-13)10-4-5-12(17)11(16)8-10/h3-8H,2H2,1H3,(H,18,19). The van der Waals surface area contributed by atoms with E-state index in [1.165, 1.54) is 11.6 Å². The first-order valence-electron chi connectivity index (χ1n) is 6.11. The SMILES string of the molecule is CCc1ccc2nc(-c3ccc(F)c(Br)c3)[nH]c2c1. The maximum Gasteiger partial charge on any atom is 0.138 e. The molecule has 96 valence electrons. The molecule has 1 aromatic heterocycles. The minimum Gasteiger partial charge on any atom is -0.338 e. The Morgan fingerprint density at radius 2 is 2.05 bits per heavy atom. The second kappa shape index (κ2) is 4.78. The molecule has 0 spiro atoms. The van der Waals surface area contributed by atoms with E-state index in [0.29, 0.717) is 4.47 Å². The highest BCUT2D eigenvalue weighted by Crippen LogP contribution is 2.25. The van der Waals surface area contributed by atoms with Crippen LogP contribution in [0.4, 0.5) is 4.39 Å². The van der Waals surface area contributed by atoms with Crippen LogP contribution in [0.2, 0.25) is 0 Å². The van der Waals surface area contributed by atoms with Crippen molar-refractivity contribution >= 4 is 27.0 Å². The smallest absolute Gasteiger partial charge is 0.138 e. The Morgan fingerprint density at radius 1 is 1.21 bits per heavy atom. The lowest BCUT2D eigenvalue weighted by Gasteiger charge is -1.98. The van der Waals surface area contributed by atoms with Crippen LogP contribution < -0.4 is 0 Å². The summed E-state index contributed by atoms with van der Waals surface area (Å²) in [6, 6.07) is 11.1. The number of nitrogens with zero attached hydrogens (tertiary/aromatic N) is 1. The van der Waals surface area contributed by atoms with Crippen molar-refractivity contribution in [3.63, 3.8) is 0 Å². The number of nitrogens with one attached hydrogen (secondary N) is 1. The minimum absolute atomic E-state index is 0.270. The van der Waals surface area contributed by atoms with Crippen LogP contribution in [0.15, 0.2) is 40.9 Å². The van der Waals surface area contributed by atoms with Crippen LogP contribution in [-0.4, -0.2) is 9.97 Å². The molecule has 0 bridgehead atoms. The predicted octanol–water partition coefficient (Wildman–Crippen LogP) is 4.69. The van der Waals surface area contributed by atoms with Gasteiger partial charge in [0.2, 0.25) is 0 Å². The van der Waals surface area contributed by atoms with E-state index in [0.717, 1.165) is 28.8 Å². The Bertz CT molecular complexity index is 749. The zero-order valence-corrected chi connectivity index (χ0v) is 12.0. The fourth-order valence-electron chi connectivity index (χ4n) is 2.06. The molecule has 19 heavy (non-hydrogen) atoms. The molecule has 0 unspecified atom stereocenters. The monoisotopic (exact) mass is 318 g/mol. The highest BCUT2D eigenvalue weighted by Gasteiger charge is 2.08. The first-order valence-corrected chi connectivity index (χ1v) is 6.90. The molecule has 0 atom stereocenters. The van der Waals surface area contributed by atoms with Crippen molar-refractivity contribution < 1.29 is 4.39 Å². The van der Waals surface area contributed by atoms with Crippen molar-refractivity contribution in [2.75, 3.05) is 0 Å². The molecule has 1 N–H and O–H groups in total. The molecule has 2 aromatic carbocycles. The molecular formula is C15H12BrFN2. The number of aromatic nitrogens is 2. The lowest BCUT2D eigenvalue weighted by Crippen LogP contribution is -1.83. The van der Waals surface area contributed by atoms with Gasteiger partial charge in [-0.15, -0.1) is 0 Å². The van der Waals surface area contributed by atoms with Crippen molar-refractivity contribution in [3.8, 4) is 11.4 Å². The molecule has 0 radical (unpaired) electrons. The number of halogens is 2. The Hall–Kier alpha value is -1.68. The van der Waals surface area contributed by atoms with Crippen LogP contribution in [0.3, 0.4) is 0 Å². The first-order chi connectivity index (χ1) is 9.17. The summed E-state index contributed by atoms with van der Waals surface area (Å²) >= 11 is 3.19. The van der Waals surface area contributed by atoms with Gasteiger partial charge in [0.1, 0.15) is 11.6 Å². The number of aryl methyl sites for hydroxylation is 1. The molecule has 0 saturated carbocycles. The summed E-state index contributed by atoms with van der Waals surface area (Å²) < 4.78 is 13.7. The van der Waals surface area contributed by atoms with Gasteiger partial charge >= 0.3 is 0 Å². The molecular weight excluding hydrogens is 307 g/mol. The second-order valence-electron chi connectivity index (χ2n) is 4.42. The zero-order chi connectivity index (χ0) is 13.4. The number of fused-ring (bicyclic) bond motifs is 1. The third kappa shape index (κ3) is 2.28. The van der Waals surface area contributed by atoms with Gasteiger partial charge in [0, 0.05) is 5.56 Å². The predicted molar refractivity (Wildman–Crippen MR) is 78.6 cm³/mol. The molecule has 2 nitrogen and oxygen atoms in total. The molecule has 0 aliphatic heterocycles. The Morgan fingerprint density at radius 3 is 2.79 bits per heavy atom. The molecule has 0 aliphatic carbocycles. The first kappa shape index (κ1) is 12.4. The number of imidazole rings is 1. The van der Waals surface area contributed by atoms with Crippen LogP contribution in [0.25, 0.3) is 22.4 Å². The largest absolute Gasteiger partial charge is 0.338 e. The van der Waals surface area contributed by atoms with Gasteiger partial charge in [-0.25, -0.2) is 9.37 Å². The van der Waals surface area contributed by atoms with E-state index >= 15 is 0 Å². The van der Waals surface area contributed by atoms with E-state index in [1.807, 2.05) is 6.07 Å². The summed E-state index contributed by atoms with van der Waals surface area (Å²) in [6.07, 6.45) is 0.992. The maximum absolute atomic E-state index is 13.2. The summed E-state index contributed by atoms with van der Waals surface area (Å²) in [6.45, 7) is 2.12. The molecule has 0 amide bonds. The van der Waals surface area contributed by atoms with Crippen molar-refractivity contribution in [1.29, 1.82) is 0 Å². The van der Waals surface area contributed by atoms with Gasteiger partial charge in [0.15, 0.2) is 0 Å². The number of hydrogen-bond donors (Lipinski definition) is 1. The number of hydrogen-bond acceptors (Lipinski definition) is 1. The summed E-state index contributed by atoms with van der Waals surface area (Å²) in [5, 5.41) is 0. The third-order valence-corrected chi connectivity index (χ3v) is 3.76. The topological polar surface area (TPSA) is 28.7 Å². The van der Waals surface area contributed by atoms with Gasteiger partial charge in [0.25, 0.3) is 0 Å².